The number of amides is 1. The van der Waals surface area contributed by atoms with E-state index in [9.17, 15) is 18.0 Å². The molecule has 2 heterocycles. The van der Waals surface area contributed by atoms with E-state index in [1.807, 2.05) is 0 Å². The molecule has 2 saturated carbocycles. The Morgan fingerprint density at radius 1 is 1.16 bits per heavy atom. The number of carboxylic acid groups (broad SMARTS) is 1. The lowest BCUT2D eigenvalue weighted by atomic mass is 9.81. The molecule has 2 N–H and O–H groups in total. The van der Waals surface area contributed by atoms with Gasteiger partial charge in [0.15, 0.2) is 0 Å². The van der Waals surface area contributed by atoms with E-state index >= 15 is 0 Å². The van der Waals surface area contributed by atoms with E-state index < -0.39 is 16.0 Å². The molecule has 2 aromatic heterocycles. The average molecular weight is 481 g/mol. The predicted molar refractivity (Wildman–Crippen MR) is 119 cm³/mol. The van der Waals surface area contributed by atoms with Crippen LogP contribution in [0.5, 0.6) is 0 Å². The monoisotopic (exact) mass is 480 g/mol. The molecule has 0 aromatic carbocycles. The van der Waals surface area contributed by atoms with Gasteiger partial charge in [-0.3, -0.25) is 4.79 Å². The summed E-state index contributed by atoms with van der Waals surface area (Å²) in [5.41, 5.74) is 0. The van der Waals surface area contributed by atoms with Crippen LogP contribution in [-0.2, 0) is 19.6 Å². The maximum absolute atomic E-state index is 13.0. The number of hydrogen-bond donors (Lipinski definition) is 2. The highest BCUT2D eigenvalue weighted by Crippen LogP contribution is 2.50. The van der Waals surface area contributed by atoms with Crippen molar-refractivity contribution in [3.05, 3.63) is 41.5 Å². The minimum Gasteiger partial charge on any atom is -0.480 e. The van der Waals surface area contributed by atoms with Gasteiger partial charge in [-0.2, -0.15) is 8.42 Å². The predicted octanol–water partition coefficient (Wildman–Crippen LogP) is 3.20. The third-order valence-corrected chi connectivity index (χ3v) is 9.81. The van der Waals surface area contributed by atoms with Crippen LogP contribution >= 0.6 is 11.3 Å². The average Bonchev–Trinajstić information content (AvgIpc) is 3.55. The number of fused-ring (bicyclic) bond motifs is 2. The molecule has 0 radical (unpaired) electrons. The Hall–Kier alpha value is -2.17. The number of carbonyl (C=O) groups is 2. The highest BCUT2D eigenvalue weighted by Gasteiger charge is 2.47. The summed E-state index contributed by atoms with van der Waals surface area (Å²) in [6.07, 6.45) is 9.08. The molecule has 2 bridgehead atoms. The van der Waals surface area contributed by atoms with Gasteiger partial charge >= 0.3 is 5.97 Å². The van der Waals surface area contributed by atoms with Gasteiger partial charge in [0, 0.05) is 25.0 Å². The number of rotatable bonds is 11. The topological polar surface area (TPSA) is 115 Å². The molecule has 2 fully saturated rings. The number of aliphatic carboxylic acids is 1. The Balaban J connectivity index is 1.35. The van der Waals surface area contributed by atoms with Crippen molar-refractivity contribution in [1.29, 1.82) is 0 Å². The number of nitrogens with one attached hydrogen (secondary N) is 1. The van der Waals surface area contributed by atoms with E-state index in [0.717, 1.165) is 47.4 Å². The fraction of sp³-hybridized carbons (Fsp3) is 0.545. The second-order valence-corrected chi connectivity index (χ2v) is 11.7. The molecule has 4 atom stereocenters. The number of carboxylic acids is 1. The van der Waals surface area contributed by atoms with Crippen molar-refractivity contribution in [2.24, 2.45) is 17.8 Å². The zero-order valence-electron chi connectivity index (χ0n) is 17.7. The maximum atomic E-state index is 13.0. The molecule has 174 valence electrons. The Morgan fingerprint density at radius 3 is 2.66 bits per heavy atom. The lowest BCUT2D eigenvalue weighted by Gasteiger charge is -2.31. The van der Waals surface area contributed by atoms with E-state index in [1.54, 1.807) is 18.2 Å². The minimum absolute atomic E-state index is 0.104. The zero-order valence-corrected chi connectivity index (χ0v) is 19.3. The summed E-state index contributed by atoms with van der Waals surface area (Å²) in [5.74, 6) is 0.314. The summed E-state index contributed by atoms with van der Waals surface area (Å²) in [7, 11) is -3.67. The van der Waals surface area contributed by atoms with Gasteiger partial charge in [0.2, 0.25) is 0 Å². The Labute approximate surface area is 191 Å². The summed E-state index contributed by atoms with van der Waals surface area (Å²) in [6.45, 7) is 0.160. The van der Waals surface area contributed by atoms with E-state index in [0.29, 0.717) is 29.2 Å². The first kappa shape index (κ1) is 23.0. The van der Waals surface area contributed by atoms with E-state index in [4.69, 9.17) is 9.84 Å². The number of unbranched alkanes of at least 4 members (excludes halogenated alkanes) is 1. The van der Waals surface area contributed by atoms with Crippen molar-refractivity contribution in [3.63, 3.8) is 0 Å². The van der Waals surface area contributed by atoms with Crippen LogP contribution < -0.4 is 5.32 Å². The van der Waals surface area contributed by atoms with Crippen LogP contribution in [0.2, 0.25) is 0 Å². The summed E-state index contributed by atoms with van der Waals surface area (Å²) in [6, 6.07) is 6.47. The molecule has 0 aliphatic heterocycles. The van der Waals surface area contributed by atoms with Crippen molar-refractivity contribution in [3.8, 4) is 0 Å². The fourth-order valence-electron chi connectivity index (χ4n) is 5.18. The van der Waals surface area contributed by atoms with E-state index in [-0.39, 0.29) is 22.8 Å². The van der Waals surface area contributed by atoms with Gasteiger partial charge in [0.1, 0.15) is 10.8 Å². The van der Waals surface area contributed by atoms with Crippen molar-refractivity contribution < 1.29 is 27.9 Å². The SMILES string of the molecule is O=C(O)COCCCCC1C2CCC(C2)C1NC(=O)c1ccc(S(=O)(=O)n2cccc2)s1. The first-order chi connectivity index (χ1) is 15.4. The quantitative estimate of drug-likeness (QED) is 0.477. The molecule has 10 heteroatoms. The van der Waals surface area contributed by atoms with Gasteiger partial charge in [0.25, 0.3) is 15.9 Å². The minimum atomic E-state index is -3.67. The maximum Gasteiger partial charge on any atom is 0.329 e. The first-order valence-electron chi connectivity index (χ1n) is 10.9. The van der Waals surface area contributed by atoms with Crippen LogP contribution in [0.25, 0.3) is 0 Å². The number of ether oxygens (including phenoxy) is 1. The van der Waals surface area contributed by atoms with Gasteiger partial charge in [-0.1, -0.05) is 6.42 Å². The molecule has 8 nitrogen and oxygen atoms in total. The van der Waals surface area contributed by atoms with Crippen molar-refractivity contribution in [1.82, 2.24) is 9.29 Å². The summed E-state index contributed by atoms with van der Waals surface area (Å²) in [4.78, 5) is 23.9. The number of carbonyl (C=O) groups excluding carboxylic acids is 1. The lowest BCUT2D eigenvalue weighted by Crippen LogP contribution is -2.43. The smallest absolute Gasteiger partial charge is 0.329 e. The van der Waals surface area contributed by atoms with Gasteiger partial charge in [-0.05, 0) is 74.1 Å². The molecule has 32 heavy (non-hydrogen) atoms. The number of aromatic nitrogens is 1. The summed E-state index contributed by atoms with van der Waals surface area (Å²) >= 11 is 0.995. The zero-order chi connectivity index (χ0) is 22.7. The highest BCUT2D eigenvalue weighted by molar-refractivity contribution is 7.92. The Bertz CT molecular complexity index is 1050. The van der Waals surface area contributed by atoms with Crippen molar-refractivity contribution >= 4 is 33.2 Å². The van der Waals surface area contributed by atoms with Crippen LogP contribution in [0.4, 0.5) is 0 Å². The van der Waals surface area contributed by atoms with Gasteiger partial charge < -0.3 is 15.2 Å². The Morgan fingerprint density at radius 2 is 1.91 bits per heavy atom. The van der Waals surface area contributed by atoms with Gasteiger partial charge in [-0.25, -0.2) is 8.77 Å². The lowest BCUT2D eigenvalue weighted by molar-refractivity contribution is -0.142. The summed E-state index contributed by atoms with van der Waals surface area (Å²) in [5, 5.41) is 11.8. The van der Waals surface area contributed by atoms with Crippen molar-refractivity contribution in [2.75, 3.05) is 13.2 Å². The van der Waals surface area contributed by atoms with Crippen LogP contribution in [-0.4, -0.2) is 48.6 Å². The number of hydrogen-bond acceptors (Lipinski definition) is 6. The number of nitrogens with zero attached hydrogens (tertiary/aromatic N) is 1. The first-order valence-corrected chi connectivity index (χ1v) is 13.2. The fourth-order valence-corrected chi connectivity index (χ4v) is 7.68. The van der Waals surface area contributed by atoms with E-state index in [2.05, 4.69) is 5.32 Å². The third kappa shape index (κ3) is 4.92. The Kier molecular flexibility index (Phi) is 7.02. The normalized spacial score (nSPS) is 24.6. The van der Waals surface area contributed by atoms with Gasteiger partial charge in [0.05, 0.1) is 4.88 Å². The number of thiophene rings is 1. The molecule has 0 saturated heterocycles. The van der Waals surface area contributed by atoms with Crippen LogP contribution in [0.1, 0.15) is 48.2 Å². The van der Waals surface area contributed by atoms with Crippen LogP contribution in [0, 0.1) is 17.8 Å². The third-order valence-electron chi connectivity index (χ3n) is 6.60. The molecule has 2 aromatic rings. The molecule has 4 rings (SSSR count). The second-order valence-electron chi connectivity index (χ2n) is 8.58. The van der Waals surface area contributed by atoms with Gasteiger partial charge in [-0.15, -0.1) is 11.3 Å². The van der Waals surface area contributed by atoms with Crippen LogP contribution in [0.15, 0.2) is 40.9 Å². The van der Waals surface area contributed by atoms with Crippen LogP contribution in [0.3, 0.4) is 0 Å². The summed E-state index contributed by atoms with van der Waals surface area (Å²) < 4.78 is 31.7. The second kappa shape index (κ2) is 9.76. The molecule has 0 spiro atoms. The molecular weight excluding hydrogens is 452 g/mol. The largest absolute Gasteiger partial charge is 0.480 e. The standard InChI is InChI=1S/C22H28N2O6S2/c25-19(26)14-30-12-4-1-5-17-15-6-7-16(13-15)21(17)23-22(27)18-8-9-20(31-18)32(28,29)24-10-2-3-11-24/h2-3,8-11,15-17,21H,1,4-7,12-14H2,(H,23,27)(H,25,26). The molecule has 2 aliphatic rings. The molecular formula is C22H28N2O6S2. The molecule has 2 aliphatic carbocycles. The highest BCUT2D eigenvalue weighted by atomic mass is 32.2. The van der Waals surface area contributed by atoms with Crippen molar-refractivity contribution in [2.45, 2.75) is 48.8 Å². The van der Waals surface area contributed by atoms with E-state index in [1.165, 1.54) is 24.9 Å². The molecule has 1 amide bonds. The molecule has 4 unspecified atom stereocenters.